The van der Waals surface area contributed by atoms with Gasteiger partial charge in [0.25, 0.3) is 0 Å². The fraction of sp³-hybridized carbons (Fsp3) is 0.714. The molecule has 0 aliphatic carbocycles. The van der Waals surface area contributed by atoms with Crippen LogP contribution in [0.15, 0.2) is 6.33 Å². The Morgan fingerprint density at radius 3 is 2.92 bits per heavy atom. The van der Waals surface area contributed by atoms with Crippen molar-refractivity contribution in [3.05, 3.63) is 6.33 Å². The second-order valence-corrected chi connectivity index (χ2v) is 3.02. The van der Waals surface area contributed by atoms with Crippen LogP contribution in [0.1, 0.15) is 13.8 Å². The minimum Gasteiger partial charge on any atom is -0.354 e. The highest BCUT2D eigenvalue weighted by Gasteiger charge is 2.04. The average Bonchev–Trinajstić information content (AvgIpc) is 2.56. The first-order chi connectivity index (χ1) is 6.20. The van der Waals surface area contributed by atoms with Gasteiger partial charge < -0.3 is 5.32 Å². The molecular weight excluding hydrogens is 170 g/mol. The SMILES string of the molecule is CC(C)C(=O)NCCn1cnnn1. The van der Waals surface area contributed by atoms with Crippen molar-refractivity contribution in [1.82, 2.24) is 25.5 Å². The average molecular weight is 183 g/mol. The topological polar surface area (TPSA) is 72.7 Å². The molecule has 0 aromatic carbocycles. The number of amides is 1. The minimum absolute atomic E-state index is 0.0221. The van der Waals surface area contributed by atoms with Crippen molar-refractivity contribution in [2.75, 3.05) is 6.54 Å². The van der Waals surface area contributed by atoms with Crippen molar-refractivity contribution in [2.24, 2.45) is 5.92 Å². The first kappa shape index (κ1) is 9.63. The quantitative estimate of drug-likeness (QED) is 0.679. The summed E-state index contributed by atoms with van der Waals surface area (Å²) in [7, 11) is 0. The van der Waals surface area contributed by atoms with Crippen LogP contribution in [0.3, 0.4) is 0 Å². The van der Waals surface area contributed by atoms with Gasteiger partial charge in [-0.3, -0.25) is 4.79 Å². The van der Waals surface area contributed by atoms with Crippen LogP contribution in [-0.4, -0.2) is 32.7 Å². The summed E-state index contributed by atoms with van der Waals surface area (Å²) in [6.45, 7) is 4.87. The van der Waals surface area contributed by atoms with E-state index in [0.717, 1.165) is 0 Å². The van der Waals surface area contributed by atoms with Gasteiger partial charge in [-0.25, -0.2) is 4.68 Å². The Morgan fingerprint density at radius 2 is 2.38 bits per heavy atom. The van der Waals surface area contributed by atoms with E-state index in [9.17, 15) is 4.79 Å². The van der Waals surface area contributed by atoms with Crippen molar-refractivity contribution in [3.63, 3.8) is 0 Å². The first-order valence-electron chi connectivity index (χ1n) is 4.18. The van der Waals surface area contributed by atoms with Gasteiger partial charge in [0, 0.05) is 12.5 Å². The number of tetrazole rings is 1. The van der Waals surface area contributed by atoms with E-state index in [-0.39, 0.29) is 11.8 Å². The molecule has 1 aromatic heterocycles. The summed E-state index contributed by atoms with van der Waals surface area (Å²) < 4.78 is 1.57. The molecule has 1 aromatic rings. The van der Waals surface area contributed by atoms with Crippen LogP contribution >= 0.6 is 0 Å². The maximum atomic E-state index is 11.1. The van der Waals surface area contributed by atoms with E-state index in [2.05, 4.69) is 20.8 Å². The lowest BCUT2D eigenvalue weighted by Crippen LogP contribution is -2.30. The summed E-state index contributed by atoms with van der Waals surface area (Å²) in [4.78, 5) is 11.1. The van der Waals surface area contributed by atoms with Crippen LogP contribution in [0.25, 0.3) is 0 Å². The highest BCUT2D eigenvalue weighted by molar-refractivity contribution is 5.77. The molecule has 0 saturated carbocycles. The molecule has 0 atom stereocenters. The molecule has 0 saturated heterocycles. The summed E-state index contributed by atoms with van der Waals surface area (Å²) >= 11 is 0. The van der Waals surface area contributed by atoms with Gasteiger partial charge >= 0.3 is 0 Å². The summed E-state index contributed by atoms with van der Waals surface area (Å²) in [5, 5.41) is 13.4. The molecule has 0 aliphatic heterocycles. The fourth-order valence-corrected chi connectivity index (χ4v) is 0.781. The van der Waals surface area contributed by atoms with Crippen molar-refractivity contribution in [1.29, 1.82) is 0 Å². The van der Waals surface area contributed by atoms with Gasteiger partial charge in [0.05, 0.1) is 6.54 Å². The molecule has 72 valence electrons. The third-order valence-electron chi connectivity index (χ3n) is 1.56. The lowest BCUT2D eigenvalue weighted by Gasteiger charge is -2.06. The molecule has 0 spiro atoms. The molecule has 1 heterocycles. The van der Waals surface area contributed by atoms with Crippen molar-refractivity contribution < 1.29 is 4.79 Å². The van der Waals surface area contributed by atoms with E-state index in [1.807, 2.05) is 13.8 Å². The minimum atomic E-state index is 0.0221. The van der Waals surface area contributed by atoms with Crippen LogP contribution in [0.2, 0.25) is 0 Å². The Bertz CT molecular complexity index is 256. The largest absolute Gasteiger partial charge is 0.354 e. The fourth-order valence-electron chi connectivity index (χ4n) is 0.781. The third-order valence-corrected chi connectivity index (χ3v) is 1.56. The Balaban J connectivity index is 2.18. The summed E-state index contributed by atoms with van der Waals surface area (Å²) in [6.07, 6.45) is 1.52. The number of carbonyl (C=O) groups excluding carboxylic acids is 1. The van der Waals surface area contributed by atoms with Crippen LogP contribution in [0.5, 0.6) is 0 Å². The number of nitrogens with one attached hydrogen (secondary N) is 1. The number of carbonyl (C=O) groups is 1. The lowest BCUT2D eigenvalue weighted by atomic mass is 10.2. The molecule has 13 heavy (non-hydrogen) atoms. The molecule has 1 amide bonds. The van der Waals surface area contributed by atoms with Gasteiger partial charge in [-0.15, -0.1) is 5.10 Å². The molecule has 1 rings (SSSR count). The van der Waals surface area contributed by atoms with E-state index in [1.54, 1.807) is 4.68 Å². The van der Waals surface area contributed by atoms with Crippen LogP contribution in [0, 0.1) is 5.92 Å². The monoisotopic (exact) mass is 183 g/mol. The first-order valence-corrected chi connectivity index (χ1v) is 4.18. The normalized spacial score (nSPS) is 10.4. The third kappa shape index (κ3) is 3.18. The van der Waals surface area contributed by atoms with Crippen molar-refractivity contribution in [2.45, 2.75) is 20.4 Å². The molecule has 0 fully saturated rings. The number of hydrogen-bond acceptors (Lipinski definition) is 4. The zero-order valence-corrected chi connectivity index (χ0v) is 7.77. The Hall–Kier alpha value is -1.46. The summed E-state index contributed by atoms with van der Waals surface area (Å²) in [6, 6.07) is 0. The number of hydrogen-bond donors (Lipinski definition) is 1. The predicted molar refractivity (Wildman–Crippen MR) is 45.7 cm³/mol. The maximum absolute atomic E-state index is 11.1. The van der Waals surface area contributed by atoms with E-state index in [4.69, 9.17) is 0 Å². The van der Waals surface area contributed by atoms with Crippen LogP contribution in [-0.2, 0) is 11.3 Å². The Labute approximate surface area is 76.3 Å². The lowest BCUT2D eigenvalue weighted by molar-refractivity contribution is -0.124. The molecule has 0 radical (unpaired) electrons. The van der Waals surface area contributed by atoms with E-state index in [0.29, 0.717) is 13.1 Å². The van der Waals surface area contributed by atoms with Gasteiger partial charge in [-0.1, -0.05) is 13.8 Å². The predicted octanol–water partition coefficient (Wildman–Crippen LogP) is -0.555. The van der Waals surface area contributed by atoms with Crippen LogP contribution in [0.4, 0.5) is 0 Å². The zero-order chi connectivity index (χ0) is 9.68. The van der Waals surface area contributed by atoms with E-state index in [1.165, 1.54) is 6.33 Å². The summed E-state index contributed by atoms with van der Waals surface area (Å²) in [5.41, 5.74) is 0. The van der Waals surface area contributed by atoms with Gasteiger partial charge in [0.2, 0.25) is 5.91 Å². The van der Waals surface area contributed by atoms with Gasteiger partial charge in [0.15, 0.2) is 0 Å². The molecule has 6 nitrogen and oxygen atoms in total. The molecular formula is C7H13N5O. The summed E-state index contributed by atoms with van der Waals surface area (Å²) in [5.74, 6) is 0.0712. The van der Waals surface area contributed by atoms with Crippen molar-refractivity contribution in [3.8, 4) is 0 Å². The number of nitrogens with zero attached hydrogens (tertiary/aromatic N) is 4. The molecule has 0 bridgehead atoms. The Morgan fingerprint density at radius 1 is 1.62 bits per heavy atom. The second-order valence-electron chi connectivity index (χ2n) is 3.02. The number of rotatable bonds is 4. The molecule has 0 unspecified atom stereocenters. The van der Waals surface area contributed by atoms with E-state index < -0.39 is 0 Å². The second kappa shape index (κ2) is 4.54. The maximum Gasteiger partial charge on any atom is 0.222 e. The highest BCUT2D eigenvalue weighted by atomic mass is 16.1. The molecule has 1 N–H and O–H groups in total. The zero-order valence-electron chi connectivity index (χ0n) is 7.77. The van der Waals surface area contributed by atoms with Gasteiger partial charge in [-0.05, 0) is 10.4 Å². The van der Waals surface area contributed by atoms with E-state index >= 15 is 0 Å². The van der Waals surface area contributed by atoms with Crippen LogP contribution < -0.4 is 5.32 Å². The number of aromatic nitrogens is 4. The molecule has 0 aliphatic rings. The Kier molecular flexibility index (Phi) is 3.36. The highest BCUT2D eigenvalue weighted by Crippen LogP contribution is 1.89. The van der Waals surface area contributed by atoms with Gasteiger partial charge in [-0.2, -0.15) is 0 Å². The standard InChI is InChI=1S/C7H13N5O/c1-6(2)7(13)8-3-4-12-5-9-10-11-12/h5-6H,3-4H2,1-2H3,(H,8,13). The van der Waals surface area contributed by atoms with Gasteiger partial charge in [0.1, 0.15) is 6.33 Å². The smallest absolute Gasteiger partial charge is 0.222 e. The van der Waals surface area contributed by atoms with Crippen molar-refractivity contribution >= 4 is 5.91 Å². The molecule has 6 heteroatoms.